The van der Waals surface area contributed by atoms with Gasteiger partial charge in [-0.05, 0) is 44.2 Å². The molecular formula is C21H21N5O3. The van der Waals surface area contributed by atoms with E-state index in [-0.39, 0.29) is 30.7 Å². The Kier molecular flexibility index (Phi) is 6.47. The summed E-state index contributed by atoms with van der Waals surface area (Å²) in [6, 6.07) is 14.0. The van der Waals surface area contributed by atoms with Gasteiger partial charge >= 0.3 is 5.97 Å². The number of carbonyl (C=O) groups excluding carboxylic acids is 2. The van der Waals surface area contributed by atoms with Crippen molar-refractivity contribution in [2.24, 2.45) is 0 Å². The molecule has 2 heterocycles. The Morgan fingerprint density at radius 1 is 1.07 bits per heavy atom. The van der Waals surface area contributed by atoms with Gasteiger partial charge in [0.1, 0.15) is 5.69 Å². The third kappa shape index (κ3) is 5.35. The van der Waals surface area contributed by atoms with Crippen molar-refractivity contribution in [2.45, 2.75) is 20.4 Å². The summed E-state index contributed by atoms with van der Waals surface area (Å²) in [5.74, 6) is -0.579. The van der Waals surface area contributed by atoms with Crippen molar-refractivity contribution in [2.75, 3.05) is 11.9 Å². The van der Waals surface area contributed by atoms with Crippen LogP contribution in [0.3, 0.4) is 0 Å². The van der Waals surface area contributed by atoms with Crippen LogP contribution in [0.15, 0.2) is 54.7 Å². The maximum absolute atomic E-state index is 12.5. The zero-order chi connectivity index (χ0) is 20.6. The first-order chi connectivity index (χ1) is 14.1. The lowest BCUT2D eigenvalue weighted by molar-refractivity contribution is 0.0527. The van der Waals surface area contributed by atoms with Gasteiger partial charge in [0.05, 0.1) is 30.1 Å². The first-order valence-corrected chi connectivity index (χ1v) is 9.13. The number of hydrogen-bond donors (Lipinski definition) is 2. The van der Waals surface area contributed by atoms with Crippen molar-refractivity contribution >= 4 is 23.5 Å². The molecule has 0 aliphatic heterocycles. The molecule has 8 heteroatoms. The van der Waals surface area contributed by atoms with Crippen LogP contribution in [0.5, 0.6) is 0 Å². The van der Waals surface area contributed by atoms with Crippen LogP contribution in [0, 0.1) is 6.92 Å². The van der Waals surface area contributed by atoms with Gasteiger partial charge in [-0.25, -0.2) is 14.8 Å². The fourth-order valence-corrected chi connectivity index (χ4v) is 2.60. The molecule has 0 saturated heterocycles. The van der Waals surface area contributed by atoms with E-state index in [4.69, 9.17) is 4.74 Å². The standard InChI is InChI=1S/C21H21N5O3/c1-3-29-20(28)16-9-4-5-10-17(16)25-21-24-14(2)12-18(26-21)19(27)23-13-15-8-6-7-11-22-15/h4-12H,3,13H2,1-2H3,(H,23,27)(H,24,25,26). The number of esters is 1. The lowest BCUT2D eigenvalue weighted by Gasteiger charge is -2.11. The lowest BCUT2D eigenvalue weighted by Crippen LogP contribution is -2.25. The predicted molar refractivity (Wildman–Crippen MR) is 108 cm³/mol. The van der Waals surface area contributed by atoms with E-state index in [1.165, 1.54) is 0 Å². The van der Waals surface area contributed by atoms with E-state index in [1.807, 2.05) is 18.2 Å². The maximum atomic E-state index is 12.5. The Bertz CT molecular complexity index is 1010. The number of pyridine rings is 1. The van der Waals surface area contributed by atoms with Crippen molar-refractivity contribution in [3.8, 4) is 0 Å². The fourth-order valence-electron chi connectivity index (χ4n) is 2.60. The van der Waals surface area contributed by atoms with Gasteiger partial charge in [-0.15, -0.1) is 0 Å². The highest BCUT2D eigenvalue weighted by Crippen LogP contribution is 2.20. The van der Waals surface area contributed by atoms with Crippen molar-refractivity contribution in [1.29, 1.82) is 0 Å². The van der Waals surface area contributed by atoms with E-state index < -0.39 is 5.97 Å². The van der Waals surface area contributed by atoms with Gasteiger partial charge in [0, 0.05) is 11.9 Å². The molecule has 2 aromatic heterocycles. The number of rotatable bonds is 7. The first kappa shape index (κ1) is 19.9. The van der Waals surface area contributed by atoms with Crippen LogP contribution in [-0.2, 0) is 11.3 Å². The number of nitrogens with zero attached hydrogens (tertiary/aromatic N) is 3. The van der Waals surface area contributed by atoms with Crippen molar-refractivity contribution in [3.63, 3.8) is 0 Å². The van der Waals surface area contributed by atoms with Gasteiger partial charge in [0.15, 0.2) is 0 Å². The summed E-state index contributed by atoms with van der Waals surface area (Å²) in [7, 11) is 0. The van der Waals surface area contributed by atoms with Crippen molar-refractivity contribution < 1.29 is 14.3 Å². The summed E-state index contributed by atoms with van der Waals surface area (Å²) < 4.78 is 5.08. The van der Waals surface area contributed by atoms with E-state index in [0.29, 0.717) is 16.9 Å². The molecule has 1 amide bonds. The normalized spacial score (nSPS) is 10.3. The second-order valence-corrected chi connectivity index (χ2v) is 6.11. The molecule has 0 radical (unpaired) electrons. The first-order valence-electron chi connectivity index (χ1n) is 9.13. The number of nitrogens with one attached hydrogen (secondary N) is 2. The molecule has 148 valence electrons. The minimum absolute atomic E-state index is 0.213. The largest absolute Gasteiger partial charge is 0.462 e. The van der Waals surface area contributed by atoms with E-state index in [1.54, 1.807) is 50.4 Å². The molecule has 29 heavy (non-hydrogen) atoms. The number of para-hydroxylation sites is 1. The number of ether oxygens (including phenoxy) is 1. The lowest BCUT2D eigenvalue weighted by atomic mass is 10.2. The summed E-state index contributed by atoms with van der Waals surface area (Å²) in [5, 5.41) is 5.79. The summed E-state index contributed by atoms with van der Waals surface area (Å²) in [6.07, 6.45) is 1.67. The van der Waals surface area contributed by atoms with Crippen LogP contribution in [-0.4, -0.2) is 33.4 Å². The number of aryl methyl sites for hydroxylation is 1. The van der Waals surface area contributed by atoms with Crippen LogP contribution in [0.25, 0.3) is 0 Å². The second kappa shape index (κ2) is 9.41. The molecule has 0 atom stereocenters. The van der Waals surface area contributed by atoms with E-state index in [0.717, 1.165) is 5.69 Å². The van der Waals surface area contributed by atoms with Gasteiger partial charge in [0.25, 0.3) is 5.91 Å². The highest BCUT2D eigenvalue weighted by molar-refractivity contribution is 5.96. The molecule has 0 saturated carbocycles. The SMILES string of the molecule is CCOC(=O)c1ccccc1Nc1nc(C)cc(C(=O)NCc2ccccn2)n1. The topological polar surface area (TPSA) is 106 Å². The Morgan fingerprint density at radius 2 is 1.86 bits per heavy atom. The van der Waals surface area contributed by atoms with Gasteiger partial charge in [-0.1, -0.05) is 18.2 Å². The van der Waals surface area contributed by atoms with Crippen LogP contribution >= 0.6 is 0 Å². The zero-order valence-corrected chi connectivity index (χ0v) is 16.2. The molecular weight excluding hydrogens is 370 g/mol. The molecule has 0 aliphatic carbocycles. The molecule has 0 unspecified atom stereocenters. The Hall–Kier alpha value is -3.81. The molecule has 0 spiro atoms. The van der Waals surface area contributed by atoms with Gasteiger partial charge in [0.2, 0.25) is 5.95 Å². The second-order valence-electron chi connectivity index (χ2n) is 6.11. The fraction of sp³-hybridized carbons (Fsp3) is 0.190. The summed E-state index contributed by atoms with van der Waals surface area (Å²) in [5.41, 5.74) is 2.42. The Morgan fingerprint density at radius 3 is 2.62 bits per heavy atom. The third-order valence-corrected chi connectivity index (χ3v) is 3.91. The van der Waals surface area contributed by atoms with Gasteiger partial charge in [-0.2, -0.15) is 0 Å². The molecule has 0 bridgehead atoms. The number of amides is 1. The molecule has 0 aliphatic rings. The number of aromatic nitrogens is 3. The minimum Gasteiger partial charge on any atom is -0.462 e. The summed E-state index contributed by atoms with van der Waals surface area (Å²) >= 11 is 0. The Balaban J connectivity index is 1.78. The molecule has 3 aromatic rings. The van der Waals surface area contributed by atoms with Crippen molar-refractivity contribution in [1.82, 2.24) is 20.3 Å². The highest BCUT2D eigenvalue weighted by Gasteiger charge is 2.15. The van der Waals surface area contributed by atoms with E-state index in [2.05, 4.69) is 25.6 Å². The zero-order valence-electron chi connectivity index (χ0n) is 16.2. The average molecular weight is 391 g/mol. The van der Waals surface area contributed by atoms with Crippen LogP contribution in [0.4, 0.5) is 11.6 Å². The van der Waals surface area contributed by atoms with Crippen molar-refractivity contribution in [3.05, 3.63) is 77.4 Å². The van der Waals surface area contributed by atoms with E-state index in [9.17, 15) is 9.59 Å². The molecule has 3 rings (SSSR count). The monoisotopic (exact) mass is 391 g/mol. The quantitative estimate of drug-likeness (QED) is 0.596. The summed E-state index contributed by atoms with van der Waals surface area (Å²) in [6.45, 7) is 4.07. The van der Waals surface area contributed by atoms with E-state index >= 15 is 0 Å². The predicted octanol–water partition coefficient (Wildman–Crippen LogP) is 3.03. The third-order valence-electron chi connectivity index (χ3n) is 3.91. The number of benzene rings is 1. The molecule has 2 N–H and O–H groups in total. The average Bonchev–Trinajstić information content (AvgIpc) is 2.73. The van der Waals surface area contributed by atoms with Gasteiger partial charge in [-0.3, -0.25) is 9.78 Å². The van der Waals surface area contributed by atoms with Gasteiger partial charge < -0.3 is 15.4 Å². The molecule has 8 nitrogen and oxygen atoms in total. The van der Waals surface area contributed by atoms with Crippen LogP contribution in [0.1, 0.15) is 39.2 Å². The number of hydrogen-bond acceptors (Lipinski definition) is 7. The smallest absolute Gasteiger partial charge is 0.340 e. The number of carbonyl (C=O) groups is 2. The number of anilines is 2. The minimum atomic E-state index is -0.448. The molecule has 1 aromatic carbocycles. The van der Waals surface area contributed by atoms with Crippen LogP contribution in [0.2, 0.25) is 0 Å². The summed E-state index contributed by atoms with van der Waals surface area (Å²) in [4.78, 5) is 37.4. The Labute approximate surface area is 168 Å². The molecule has 0 fully saturated rings. The van der Waals surface area contributed by atoms with Crippen LogP contribution < -0.4 is 10.6 Å². The maximum Gasteiger partial charge on any atom is 0.340 e. The highest BCUT2D eigenvalue weighted by atomic mass is 16.5.